The predicted octanol–water partition coefficient (Wildman–Crippen LogP) is 12.8. The third kappa shape index (κ3) is 6.03. The number of nitrogens with zero attached hydrogens (tertiary/aromatic N) is 3. The van der Waals surface area contributed by atoms with E-state index in [0.717, 1.165) is 34.1 Å². The van der Waals surface area contributed by atoms with Crippen molar-refractivity contribution in [1.29, 1.82) is 0 Å². The van der Waals surface area contributed by atoms with Crippen molar-refractivity contribution in [2.45, 2.75) is 49.4 Å². The zero-order valence-corrected chi connectivity index (χ0v) is 31.2. The van der Waals surface area contributed by atoms with Crippen molar-refractivity contribution in [2.75, 3.05) is 0 Å². The second-order valence-electron chi connectivity index (χ2n) is 15.8. The minimum Gasteiger partial charge on any atom is -0.208 e. The van der Waals surface area contributed by atoms with Gasteiger partial charge in [-0.1, -0.05) is 162 Å². The first-order chi connectivity index (χ1) is 26.0. The third-order valence-electron chi connectivity index (χ3n) is 12.4. The van der Waals surface area contributed by atoms with Crippen LogP contribution in [0, 0.1) is 11.8 Å². The molecule has 4 bridgehead atoms. The lowest BCUT2D eigenvalue weighted by Gasteiger charge is -2.63. The van der Waals surface area contributed by atoms with Gasteiger partial charge in [-0.25, -0.2) is 15.0 Å². The summed E-state index contributed by atoms with van der Waals surface area (Å²) in [6.07, 6.45) is 8.14. The number of rotatable bonds is 7. The van der Waals surface area contributed by atoms with Gasteiger partial charge in [0, 0.05) is 21.2 Å². The number of hydrogen-bond acceptors (Lipinski definition) is 3. The van der Waals surface area contributed by atoms with Crippen molar-refractivity contribution in [1.82, 2.24) is 15.0 Å². The molecule has 4 fully saturated rings. The van der Waals surface area contributed by atoms with E-state index in [1.807, 2.05) is 60.7 Å². The minimum absolute atomic E-state index is 0.305. The second kappa shape index (κ2) is 13.0. The Morgan fingerprint density at radius 3 is 1.09 bits per heavy atom. The van der Waals surface area contributed by atoms with Crippen LogP contribution in [0.1, 0.15) is 49.7 Å². The monoisotopic (exact) mass is 749 g/mol. The molecule has 4 aliphatic carbocycles. The minimum atomic E-state index is 0.305. The molecular formula is C49H40BrN3. The highest BCUT2D eigenvalue weighted by Crippen LogP contribution is 2.66. The molecule has 3 nitrogen and oxygen atoms in total. The third-order valence-corrected chi connectivity index (χ3v) is 12.9. The average Bonchev–Trinajstić information content (AvgIpc) is 3.21. The molecule has 4 aliphatic rings. The summed E-state index contributed by atoms with van der Waals surface area (Å²) in [4.78, 5) is 14.6. The zero-order valence-electron chi connectivity index (χ0n) is 29.6. The fourth-order valence-electron chi connectivity index (χ4n) is 10.4. The summed E-state index contributed by atoms with van der Waals surface area (Å²) in [5.74, 6) is 3.70. The standard InChI is InChI=1S/C49H40BrN3/c50-44-25-23-43(24-26-44)49-30-33-27-34(31-49)29-48(28-33,32-49)42-21-19-38(20-22-42)36-13-11-35(12-14-36)37-15-17-41(18-16-37)47-52-45(39-7-3-1-4-8-39)51-46(53-47)40-9-5-2-6-10-40/h1-26,33-34H,27-32H2. The highest BCUT2D eigenvalue weighted by atomic mass is 79.9. The maximum absolute atomic E-state index is 4.90. The van der Waals surface area contributed by atoms with E-state index in [9.17, 15) is 0 Å². The van der Waals surface area contributed by atoms with Crippen LogP contribution in [0.2, 0.25) is 0 Å². The van der Waals surface area contributed by atoms with Gasteiger partial charge in [-0.3, -0.25) is 0 Å². The Labute approximate surface area is 320 Å². The molecule has 7 aromatic rings. The molecule has 53 heavy (non-hydrogen) atoms. The Hall–Kier alpha value is -5.19. The maximum atomic E-state index is 4.90. The Bertz CT molecular complexity index is 2320. The molecule has 4 saturated carbocycles. The summed E-state index contributed by atoms with van der Waals surface area (Å²) >= 11 is 3.67. The quantitative estimate of drug-likeness (QED) is 0.163. The van der Waals surface area contributed by atoms with Gasteiger partial charge in [-0.2, -0.15) is 0 Å². The summed E-state index contributed by atoms with van der Waals surface area (Å²) in [6.45, 7) is 0. The van der Waals surface area contributed by atoms with Crippen LogP contribution in [0.15, 0.2) is 162 Å². The highest BCUT2D eigenvalue weighted by molar-refractivity contribution is 9.10. The van der Waals surface area contributed by atoms with Crippen LogP contribution in [0.4, 0.5) is 0 Å². The molecule has 0 spiro atoms. The van der Waals surface area contributed by atoms with E-state index in [0.29, 0.717) is 28.3 Å². The molecule has 4 heteroatoms. The Morgan fingerprint density at radius 2 is 0.698 bits per heavy atom. The first-order valence-electron chi connectivity index (χ1n) is 19.0. The summed E-state index contributed by atoms with van der Waals surface area (Å²) in [5.41, 5.74) is 11.5. The molecule has 1 heterocycles. The smallest absolute Gasteiger partial charge is 0.164 e. The van der Waals surface area contributed by atoms with Crippen molar-refractivity contribution in [3.05, 3.63) is 173 Å². The van der Waals surface area contributed by atoms with Gasteiger partial charge < -0.3 is 0 Å². The molecule has 0 N–H and O–H groups in total. The average molecular weight is 751 g/mol. The molecule has 2 unspecified atom stereocenters. The van der Waals surface area contributed by atoms with Gasteiger partial charge in [0.05, 0.1) is 0 Å². The van der Waals surface area contributed by atoms with Gasteiger partial charge in [0.1, 0.15) is 0 Å². The molecule has 6 aromatic carbocycles. The largest absolute Gasteiger partial charge is 0.208 e. The van der Waals surface area contributed by atoms with Crippen LogP contribution in [0.25, 0.3) is 56.4 Å². The Morgan fingerprint density at radius 1 is 0.377 bits per heavy atom. The lowest BCUT2D eigenvalue weighted by Crippen LogP contribution is -2.55. The Kier molecular flexibility index (Phi) is 7.98. The summed E-state index contributed by atoms with van der Waals surface area (Å²) in [7, 11) is 0. The van der Waals surface area contributed by atoms with Crippen molar-refractivity contribution in [3.8, 4) is 56.4 Å². The molecule has 1 aromatic heterocycles. The molecule has 11 rings (SSSR count). The van der Waals surface area contributed by atoms with Gasteiger partial charge in [0.25, 0.3) is 0 Å². The van der Waals surface area contributed by atoms with Gasteiger partial charge in [0.2, 0.25) is 0 Å². The second-order valence-corrected chi connectivity index (χ2v) is 16.7. The van der Waals surface area contributed by atoms with Gasteiger partial charge in [-0.15, -0.1) is 0 Å². The topological polar surface area (TPSA) is 38.7 Å². The molecule has 258 valence electrons. The van der Waals surface area contributed by atoms with Crippen molar-refractivity contribution in [3.63, 3.8) is 0 Å². The predicted molar refractivity (Wildman–Crippen MR) is 219 cm³/mol. The number of halogens is 1. The van der Waals surface area contributed by atoms with E-state index in [-0.39, 0.29) is 0 Å². The van der Waals surface area contributed by atoms with Crippen LogP contribution in [0.3, 0.4) is 0 Å². The van der Waals surface area contributed by atoms with Crippen LogP contribution < -0.4 is 0 Å². The lowest BCUT2D eigenvalue weighted by molar-refractivity contribution is -0.0281. The van der Waals surface area contributed by atoms with E-state index in [2.05, 4.69) is 113 Å². The molecule has 0 radical (unpaired) electrons. The van der Waals surface area contributed by atoms with Crippen LogP contribution >= 0.6 is 15.9 Å². The van der Waals surface area contributed by atoms with E-state index >= 15 is 0 Å². The molecular weight excluding hydrogens is 710 g/mol. The van der Waals surface area contributed by atoms with Gasteiger partial charge >= 0.3 is 0 Å². The maximum Gasteiger partial charge on any atom is 0.164 e. The molecule has 0 amide bonds. The number of hydrogen-bond donors (Lipinski definition) is 0. The van der Waals surface area contributed by atoms with Crippen molar-refractivity contribution < 1.29 is 0 Å². The number of aromatic nitrogens is 3. The molecule has 0 aliphatic heterocycles. The Balaban J connectivity index is 0.888. The SMILES string of the molecule is Brc1ccc(C23CC4CC(C2)CC(c2ccc(-c5ccc(-c6ccc(-c7nc(-c8ccccc8)nc(-c8ccccc8)n7)cc6)cc5)cc2)(C4)C3)cc1. The highest BCUT2D eigenvalue weighted by Gasteiger charge is 2.58. The first-order valence-corrected chi connectivity index (χ1v) is 19.8. The first kappa shape index (κ1) is 32.5. The van der Waals surface area contributed by atoms with Crippen LogP contribution in [-0.2, 0) is 10.8 Å². The normalized spacial score (nSPS) is 22.9. The van der Waals surface area contributed by atoms with Gasteiger partial charge in [0.15, 0.2) is 17.5 Å². The van der Waals surface area contributed by atoms with E-state index < -0.39 is 0 Å². The summed E-state index contributed by atoms with van der Waals surface area (Å²) < 4.78 is 1.17. The fourth-order valence-corrected chi connectivity index (χ4v) is 10.6. The van der Waals surface area contributed by atoms with Crippen molar-refractivity contribution in [2.24, 2.45) is 11.8 Å². The van der Waals surface area contributed by atoms with Gasteiger partial charge in [-0.05, 0) is 107 Å². The fraction of sp³-hybridized carbons (Fsp3) is 0.204. The van der Waals surface area contributed by atoms with Crippen LogP contribution in [-0.4, -0.2) is 15.0 Å². The summed E-state index contributed by atoms with van der Waals surface area (Å²) in [6, 6.07) is 56.7. The van der Waals surface area contributed by atoms with E-state index in [1.54, 1.807) is 11.1 Å². The van der Waals surface area contributed by atoms with Crippen molar-refractivity contribution >= 4 is 15.9 Å². The summed E-state index contributed by atoms with van der Waals surface area (Å²) in [5, 5.41) is 0. The molecule has 2 atom stereocenters. The van der Waals surface area contributed by atoms with Crippen LogP contribution in [0.5, 0.6) is 0 Å². The lowest BCUT2D eigenvalue weighted by atomic mass is 9.42. The number of benzene rings is 6. The molecule has 0 saturated heterocycles. The van der Waals surface area contributed by atoms with E-state index in [4.69, 9.17) is 15.0 Å². The zero-order chi connectivity index (χ0) is 35.4. The van der Waals surface area contributed by atoms with E-state index in [1.165, 1.54) is 59.7 Å².